The van der Waals surface area contributed by atoms with Crippen molar-refractivity contribution >= 4 is 34.5 Å². The number of hydrogen-bond donors (Lipinski definition) is 2. The normalized spacial score (nSPS) is 10.2. The summed E-state index contributed by atoms with van der Waals surface area (Å²) < 4.78 is 5.46. The predicted octanol–water partition coefficient (Wildman–Crippen LogP) is 2.79. The van der Waals surface area contributed by atoms with E-state index in [1.54, 1.807) is 23.6 Å². The van der Waals surface area contributed by atoms with Crippen LogP contribution in [-0.2, 0) is 0 Å². The van der Waals surface area contributed by atoms with E-state index in [0.717, 1.165) is 0 Å². The van der Waals surface area contributed by atoms with E-state index in [1.165, 1.54) is 11.3 Å². The van der Waals surface area contributed by atoms with Gasteiger partial charge in [-0.3, -0.25) is 4.79 Å². The number of carbonyl (C=O) groups excluding carboxylic acids is 1. The van der Waals surface area contributed by atoms with Crippen molar-refractivity contribution in [2.24, 2.45) is 0 Å². The summed E-state index contributed by atoms with van der Waals surface area (Å²) in [6.07, 6.45) is 0. The number of carbonyl (C=O) groups is 1. The Morgan fingerprint density at radius 2 is 2.26 bits per heavy atom. The Bertz CT molecular complexity index is 571. The van der Waals surface area contributed by atoms with Gasteiger partial charge in [-0.1, -0.05) is 17.7 Å². The molecule has 6 heteroatoms. The molecule has 1 aromatic carbocycles. The van der Waals surface area contributed by atoms with Crippen molar-refractivity contribution in [1.82, 2.24) is 5.32 Å². The van der Waals surface area contributed by atoms with Crippen LogP contribution in [0.4, 0.5) is 5.69 Å². The molecule has 0 unspecified atom stereocenters. The van der Waals surface area contributed by atoms with E-state index in [0.29, 0.717) is 34.5 Å². The fraction of sp³-hybridized carbons (Fsp3) is 0.154. The Morgan fingerprint density at radius 3 is 2.95 bits per heavy atom. The first-order valence-corrected chi connectivity index (χ1v) is 6.92. The molecule has 1 heterocycles. The lowest BCUT2D eigenvalue weighted by Crippen LogP contribution is -2.27. The molecule has 0 saturated heterocycles. The molecule has 0 saturated carbocycles. The molecule has 100 valence electrons. The molecule has 0 aliphatic carbocycles. The molecule has 0 radical (unpaired) electrons. The van der Waals surface area contributed by atoms with E-state index in [-0.39, 0.29) is 5.91 Å². The van der Waals surface area contributed by atoms with E-state index in [2.05, 4.69) is 5.32 Å². The summed E-state index contributed by atoms with van der Waals surface area (Å²) >= 11 is 7.18. The van der Waals surface area contributed by atoms with Crippen LogP contribution in [0.2, 0.25) is 5.02 Å². The average molecular weight is 297 g/mol. The number of thiophene rings is 1. The van der Waals surface area contributed by atoms with Gasteiger partial charge in [0.25, 0.3) is 5.91 Å². The number of ether oxygens (including phenoxy) is 1. The molecule has 0 aliphatic heterocycles. The molecule has 0 spiro atoms. The number of amides is 1. The van der Waals surface area contributed by atoms with Gasteiger partial charge in [-0.2, -0.15) is 0 Å². The molecule has 0 fully saturated rings. The van der Waals surface area contributed by atoms with Gasteiger partial charge in [-0.05, 0) is 23.6 Å². The first kappa shape index (κ1) is 13.7. The molecule has 19 heavy (non-hydrogen) atoms. The maximum atomic E-state index is 11.7. The molecule has 2 rings (SSSR count). The van der Waals surface area contributed by atoms with Crippen molar-refractivity contribution in [2.75, 3.05) is 18.9 Å². The van der Waals surface area contributed by atoms with Crippen LogP contribution >= 0.6 is 22.9 Å². The molecule has 0 aliphatic rings. The lowest BCUT2D eigenvalue weighted by molar-refractivity contribution is 0.0951. The Morgan fingerprint density at radius 1 is 1.42 bits per heavy atom. The smallest absolute Gasteiger partial charge is 0.263 e. The standard InChI is InChI=1S/C13H13ClN2O2S/c14-11-4-7-19-12(11)13(17)16-5-6-18-10-3-1-2-9(15)8-10/h1-4,7-8H,5-6,15H2,(H,16,17). The van der Waals surface area contributed by atoms with Gasteiger partial charge in [-0.15, -0.1) is 11.3 Å². The van der Waals surface area contributed by atoms with Gasteiger partial charge in [-0.25, -0.2) is 0 Å². The monoisotopic (exact) mass is 296 g/mol. The Kier molecular flexibility index (Phi) is 4.65. The minimum Gasteiger partial charge on any atom is -0.492 e. The molecule has 3 N–H and O–H groups in total. The summed E-state index contributed by atoms with van der Waals surface area (Å²) in [7, 11) is 0. The van der Waals surface area contributed by atoms with Crippen molar-refractivity contribution < 1.29 is 9.53 Å². The van der Waals surface area contributed by atoms with Crippen LogP contribution in [0.3, 0.4) is 0 Å². The van der Waals surface area contributed by atoms with Gasteiger partial charge < -0.3 is 15.8 Å². The molecule has 0 atom stereocenters. The van der Waals surface area contributed by atoms with Crippen LogP contribution in [0.1, 0.15) is 9.67 Å². The number of nitrogens with two attached hydrogens (primary N) is 1. The van der Waals surface area contributed by atoms with Crippen LogP contribution < -0.4 is 15.8 Å². The van der Waals surface area contributed by atoms with E-state index in [4.69, 9.17) is 22.1 Å². The number of anilines is 1. The highest BCUT2D eigenvalue weighted by molar-refractivity contribution is 7.12. The van der Waals surface area contributed by atoms with Crippen molar-refractivity contribution in [3.05, 3.63) is 45.6 Å². The van der Waals surface area contributed by atoms with E-state index in [9.17, 15) is 4.79 Å². The van der Waals surface area contributed by atoms with Crippen molar-refractivity contribution in [3.63, 3.8) is 0 Å². The number of benzene rings is 1. The first-order chi connectivity index (χ1) is 9.16. The molecular weight excluding hydrogens is 284 g/mol. The molecule has 0 bridgehead atoms. The highest BCUT2D eigenvalue weighted by Crippen LogP contribution is 2.21. The molecule has 2 aromatic rings. The Labute approximate surface area is 120 Å². The summed E-state index contributed by atoms with van der Waals surface area (Å²) in [5, 5.41) is 4.99. The second-order valence-electron chi connectivity index (χ2n) is 3.77. The van der Waals surface area contributed by atoms with E-state index in [1.807, 2.05) is 12.1 Å². The van der Waals surface area contributed by atoms with E-state index >= 15 is 0 Å². The van der Waals surface area contributed by atoms with Crippen LogP contribution in [0.15, 0.2) is 35.7 Å². The fourth-order valence-corrected chi connectivity index (χ4v) is 2.53. The van der Waals surface area contributed by atoms with Crippen molar-refractivity contribution in [1.29, 1.82) is 0 Å². The van der Waals surface area contributed by atoms with Gasteiger partial charge >= 0.3 is 0 Å². The lowest BCUT2D eigenvalue weighted by atomic mass is 10.3. The largest absolute Gasteiger partial charge is 0.492 e. The van der Waals surface area contributed by atoms with Crippen LogP contribution in [0, 0.1) is 0 Å². The number of hydrogen-bond acceptors (Lipinski definition) is 4. The van der Waals surface area contributed by atoms with Crippen molar-refractivity contribution in [2.45, 2.75) is 0 Å². The molecule has 1 aromatic heterocycles. The fourth-order valence-electron chi connectivity index (χ4n) is 1.47. The number of halogens is 1. The van der Waals surface area contributed by atoms with Crippen LogP contribution in [0.5, 0.6) is 5.75 Å². The predicted molar refractivity (Wildman–Crippen MR) is 78.0 cm³/mol. The van der Waals surface area contributed by atoms with Crippen molar-refractivity contribution in [3.8, 4) is 5.75 Å². The molecular formula is C13H13ClN2O2S. The highest BCUT2D eigenvalue weighted by Gasteiger charge is 2.10. The maximum Gasteiger partial charge on any atom is 0.263 e. The SMILES string of the molecule is Nc1cccc(OCCNC(=O)c2sccc2Cl)c1. The number of nitrogens with one attached hydrogen (secondary N) is 1. The summed E-state index contributed by atoms with van der Waals surface area (Å²) in [6.45, 7) is 0.778. The third-order valence-corrected chi connectivity index (χ3v) is 3.68. The summed E-state index contributed by atoms with van der Waals surface area (Å²) in [6, 6.07) is 8.85. The zero-order valence-corrected chi connectivity index (χ0v) is 11.6. The number of rotatable bonds is 5. The van der Waals surface area contributed by atoms with Gasteiger partial charge in [0.1, 0.15) is 17.2 Å². The van der Waals surface area contributed by atoms with Crippen LogP contribution in [0.25, 0.3) is 0 Å². The second kappa shape index (κ2) is 6.45. The lowest BCUT2D eigenvalue weighted by Gasteiger charge is -2.07. The van der Waals surface area contributed by atoms with Gasteiger partial charge in [0.2, 0.25) is 0 Å². The third-order valence-electron chi connectivity index (χ3n) is 2.34. The summed E-state index contributed by atoms with van der Waals surface area (Å²) in [4.78, 5) is 12.3. The topological polar surface area (TPSA) is 64.3 Å². The zero-order valence-electron chi connectivity index (χ0n) is 10.1. The summed E-state index contributed by atoms with van der Waals surface area (Å²) in [5.41, 5.74) is 6.27. The zero-order chi connectivity index (χ0) is 13.7. The minimum absolute atomic E-state index is 0.184. The second-order valence-corrected chi connectivity index (χ2v) is 5.10. The minimum atomic E-state index is -0.184. The Hall–Kier alpha value is -1.72. The maximum absolute atomic E-state index is 11.7. The van der Waals surface area contributed by atoms with Crippen LogP contribution in [-0.4, -0.2) is 19.1 Å². The molecule has 4 nitrogen and oxygen atoms in total. The highest BCUT2D eigenvalue weighted by atomic mass is 35.5. The third kappa shape index (κ3) is 3.87. The summed E-state index contributed by atoms with van der Waals surface area (Å²) in [5.74, 6) is 0.500. The average Bonchev–Trinajstić information content (AvgIpc) is 2.81. The molecule has 1 amide bonds. The van der Waals surface area contributed by atoms with Gasteiger partial charge in [0.15, 0.2) is 0 Å². The van der Waals surface area contributed by atoms with E-state index < -0.39 is 0 Å². The Balaban J connectivity index is 1.75. The van der Waals surface area contributed by atoms with Gasteiger partial charge in [0, 0.05) is 11.8 Å². The first-order valence-electron chi connectivity index (χ1n) is 5.66. The van der Waals surface area contributed by atoms with Gasteiger partial charge in [0.05, 0.1) is 11.6 Å². The quantitative estimate of drug-likeness (QED) is 0.659. The number of nitrogen functional groups attached to an aromatic ring is 1.